The van der Waals surface area contributed by atoms with Crippen molar-refractivity contribution in [2.75, 3.05) is 7.11 Å². The van der Waals surface area contributed by atoms with Gasteiger partial charge in [-0.1, -0.05) is 38.3 Å². The third-order valence-corrected chi connectivity index (χ3v) is 4.64. The van der Waals surface area contributed by atoms with Crippen LogP contribution >= 0.6 is 0 Å². The fourth-order valence-electron chi connectivity index (χ4n) is 3.41. The van der Waals surface area contributed by atoms with Crippen LogP contribution in [0.1, 0.15) is 62.5 Å². The molecule has 0 aliphatic heterocycles. The molecular formula is C18H25NO. The number of benzene rings is 1. The lowest BCUT2D eigenvalue weighted by atomic mass is 9.75. The highest BCUT2D eigenvalue weighted by Gasteiger charge is 2.31. The van der Waals surface area contributed by atoms with Gasteiger partial charge >= 0.3 is 0 Å². The lowest BCUT2D eigenvalue weighted by molar-refractivity contribution is 0.0305. The predicted molar refractivity (Wildman–Crippen MR) is 81.6 cm³/mol. The van der Waals surface area contributed by atoms with Gasteiger partial charge in [0.1, 0.15) is 0 Å². The van der Waals surface area contributed by atoms with Crippen molar-refractivity contribution in [3.8, 4) is 6.07 Å². The second-order valence-electron chi connectivity index (χ2n) is 5.94. The maximum absolute atomic E-state index is 8.88. The molecular weight excluding hydrogens is 246 g/mol. The Kier molecular flexibility index (Phi) is 5.61. The zero-order chi connectivity index (χ0) is 14.4. The highest BCUT2D eigenvalue weighted by atomic mass is 16.5. The Morgan fingerprint density at radius 3 is 2.60 bits per heavy atom. The van der Waals surface area contributed by atoms with Crippen molar-refractivity contribution < 1.29 is 4.74 Å². The van der Waals surface area contributed by atoms with E-state index in [2.05, 4.69) is 25.1 Å². The molecule has 0 radical (unpaired) electrons. The Bertz CT molecular complexity index is 445. The predicted octanol–water partition coefficient (Wildman–Crippen LogP) is 4.65. The number of unbranched alkanes of at least 4 members (excludes halogenated alkanes) is 1. The Morgan fingerprint density at radius 1 is 1.25 bits per heavy atom. The molecule has 2 nitrogen and oxygen atoms in total. The molecule has 0 spiro atoms. The molecule has 0 bridgehead atoms. The van der Waals surface area contributed by atoms with E-state index in [0.29, 0.717) is 12.0 Å². The Morgan fingerprint density at radius 2 is 2.00 bits per heavy atom. The van der Waals surface area contributed by atoms with Crippen LogP contribution in [0.2, 0.25) is 0 Å². The first-order valence-electron chi connectivity index (χ1n) is 7.81. The summed E-state index contributed by atoms with van der Waals surface area (Å²) in [6, 6.07) is 10.2. The van der Waals surface area contributed by atoms with E-state index < -0.39 is 0 Å². The first kappa shape index (κ1) is 15.1. The van der Waals surface area contributed by atoms with Gasteiger partial charge in [0.05, 0.1) is 17.7 Å². The molecule has 108 valence electrons. The number of methoxy groups -OCH3 is 1. The molecule has 2 heteroatoms. The van der Waals surface area contributed by atoms with Crippen LogP contribution in [0.4, 0.5) is 0 Å². The number of nitrogens with zero attached hydrogens (tertiary/aromatic N) is 1. The van der Waals surface area contributed by atoms with Crippen LogP contribution in [-0.2, 0) is 4.74 Å². The molecule has 2 rings (SSSR count). The van der Waals surface area contributed by atoms with Gasteiger partial charge in [-0.2, -0.15) is 5.26 Å². The van der Waals surface area contributed by atoms with Gasteiger partial charge in [0, 0.05) is 13.0 Å². The van der Waals surface area contributed by atoms with E-state index in [4.69, 9.17) is 10.00 Å². The molecule has 0 heterocycles. The summed E-state index contributed by atoms with van der Waals surface area (Å²) in [5, 5.41) is 8.88. The van der Waals surface area contributed by atoms with Crippen molar-refractivity contribution in [1.82, 2.24) is 0 Å². The first-order valence-corrected chi connectivity index (χ1v) is 7.81. The summed E-state index contributed by atoms with van der Waals surface area (Å²) < 4.78 is 5.76. The Balaban J connectivity index is 2.02. The maximum atomic E-state index is 8.88. The standard InChI is InChI=1S/C18H25NO/c1-3-4-5-14-8-11-17(18(12-14)20-2)16-9-6-15(13-19)7-10-16/h6-7,9-10,14,17-18H,3-5,8,11-12H2,1-2H3. The molecule has 1 fully saturated rings. The van der Waals surface area contributed by atoms with Crippen LogP contribution in [0, 0.1) is 17.2 Å². The van der Waals surface area contributed by atoms with Crippen LogP contribution in [0.5, 0.6) is 0 Å². The molecule has 0 aromatic heterocycles. The van der Waals surface area contributed by atoms with Crippen molar-refractivity contribution in [2.45, 2.75) is 57.5 Å². The van der Waals surface area contributed by atoms with Crippen LogP contribution in [0.15, 0.2) is 24.3 Å². The average molecular weight is 271 g/mol. The second kappa shape index (κ2) is 7.45. The van der Waals surface area contributed by atoms with Gasteiger partial charge in [-0.05, 0) is 42.9 Å². The molecule has 0 amide bonds. The summed E-state index contributed by atoms with van der Waals surface area (Å²) in [5.41, 5.74) is 2.06. The highest BCUT2D eigenvalue weighted by molar-refractivity contribution is 5.33. The minimum Gasteiger partial charge on any atom is -0.381 e. The lowest BCUT2D eigenvalue weighted by Gasteiger charge is -2.35. The molecule has 1 aromatic rings. The largest absolute Gasteiger partial charge is 0.381 e. The second-order valence-corrected chi connectivity index (χ2v) is 5.94. The molecule has 1 aliphatic carbocycles. The van der Waals surface area contributed by atoms with Gasteiger partial charge in [-0.15, -0.1) is 0 Å². The van der Waals surface area contributed by atoms with Gasteiger partial charge < -0.3 is 4.74 Å². The normalized spacial score (nSPS) is 26.1. The summed E-state index contributed by atoms with van der Waals surface area (Å²) in [5.74, 6) is 1.32. The molecule has 1 aliphatic rings. The van der Waals surface area contributed by atoms with E-state index >= 15 is 0 Å². The quantitative estimate of drug-likeness (QED) is 0.781. The maximum Gasteiger partial charge on any atom is 0.0991 e. The average Bonchev–Trinajstić information content (AvgIpc) is 2.52. The summed E-state index contributed by atoms with van der Waals surface area (Å²) in [6.45, 7) is 2.26. The zero-order valence-corrected chi connectivity index (χ0v) is 12.6. The van der Waals surface area contributed by atoms with Gasteiger partial charge in [0.25, 0.3) is 0 Å². The highest BCUT2D eigenvalue weighted by Crippen LogP contribution is 2.39. The Labute approximate surface area is 122 Å². The number of ether oxygens (including phenoxy) is 1. The summed E-state index contributed by atoms with van der Waals surface area (Å²) >= 11 is 0. The van der Waals surface area contributed by atoms with Crippen LogP contribution < -0.4 is 0 Å². The van der Waals surface area contributed by atoms with E-state index in [1.807, 2.05) is 19.2 Å². The van der Waals surface area contributed by atoms with Crippen LogP contribution in [-0.4, -0.2) is 13.2 Å². The van der Waals surface area contributed by atoms with Crippen molar-refractivity contribution >= 4 is 0 Å². The van der Waals surface area contributed by atoms with E-state index in [1.165, 1.54) is 44.1 Å². The molecule has 1 saturated carbocycles. The van der Waals surface area contributed by atoms with Gasteiger partial charge in [0.15, 0.2) is 0 Å². The van der Waals surface area contributed by atoms with Crippen molar-refractivity contribution in [3.05, 3.63) is 35.4 Å². The molecule has 1 aromatic carbocycles. The molecule has 20 heavy (non-hydrogen) atoms. The monoisotopic (exact) mass is 271 g/mol. The molecule has 0 N–H and O–H groups in total. The van der Waals surface area contributed by atoms with E-state index in [0.717, 1.165) is 11.5 Å². The minimum absolute atomic E-state index is 0.332. The Hall–Kier alpha value is -1.33. The summed E-state index contributed by atoms with van der Waals surface area (Å²) in [7, 11) is 1.84. The molecule has 3 atom stereocenters. The minimum atomic E-state index is 0.332. The SMILES string of the molecule is CCCCC1CCC(c2ccc(C#N)cc2)C(OC)C1. The van der Waals surface area contributed by atoms with E-state index in [9.17, 15) is 0 Å². The number of hydrogen-bond acceptors (Lipinski definition) is 2. The van der Waals surface area contributed by atoms with Crippen LogP contribution in [0.3, 0.4) is 0 Å². The summed E-state index contributed by atoms with van der Waals surface area (Å²) in [6.07, 6.45) is 8.00. The van der Waals surface area contributed by atoms with Crippen molar-refractivity contribution in [1.29, 1.82) is 5.26 Å². The lowest BCUT2D eigenvalue weighted by Crippen LogP contribution is -2.29. The van der Waals surface area contributed by atoms with Gasteiger partial charge in [-0.3, -0.25) is 0 Å². The van der Waals surface area contributed by atoms with E-state index in [1.54, 1.807) is 0 Å². The van der Waals surface area contributed by atoms with Crippen LogP contribution in [0.25, 0.3) is 0 Å². The zero-order valence-electron chi connectivity index (χ0n) is 12.6. The topological polar surface area (TPSA) is 33.0 Å². The fraction of sp³-hybridized carbons (Fsp3) is 0.611. The van der Waals surface area contributed by atoms with E-state index in [-0.39, 0.29) is 0 Å². The number of rotatable bonds is 5. The van der Waals surface area contributed by atoms with Crippen molar-refractivity contribution in [2.24, 2.45) is 5.92 Å². The third-order valence-electron chi connectivity index (χ3n) is 4.64. The van der Waals surface area contributed by atoms with Gasteiger partial charge in [0.2, 0.25) is 0 Å². The molecule has 0 saturated heterocycles. The number of nitriles is 1. The third kappa shape index (κ3) is 3.61. The van der Waals surface area contributed by atoms with Gasteiger partial charge in [-0.25, -0.2) is 0 Å². The molecule has 3 unspecified atom stereocenters. The van der Waals surface area contributed by atoms with Crippen molar-refractivity contribution in [3.63, 3.8) is 0 Å². The smallest absolute Gasteiger partial charge is 0.0991 e. The number of hydrogen-bond donors (Lipinski definition) is 0. The fourth-order valence-corrected chi connectivity index (χ4v) is 3.41. The summed E-state index contributed by atoms with van der Waals surface area (Å²) in [4.78, 5) is 0. The first-order chi connectivity index (χ1) is 9.78.